The number of carbonyl (C=O) groups is 4. The number of aliphatic imine (C=N–C) groups is 2. The Kier molecular flexibility index (Phi) is 16.1. The van der Waals surface area contributed by atoms with Gasteiger partial charge in [0.25, 0.3) is 0 Å². The van der Waals surface area contributed by atoms with Gasteiger partial charge in [0.2, 0.25) is 17.7 Å². The fraction of sp³-hybridized carbons (Fsp3) is 0.739. The molecular weight excluding hydrogens is 496 g/mol. The van der Waals surface area contributed by atoms with Crippen LogP contribution >= 0.6 is 0 Å². The summed E-state index contributed by atoms with van der Waals surface area (Å²) in [7, 11) is 0. The third-order valence-electron chi connectivity index (χ3n) is 5.45. The van der Waals surface area contributed by atoms with Crippen LogP contribution in [0.4, 0.5) is 0 Å². The molecule has 0 heterocycles. The van der Waals surface area contributed by atoms with Crippen molar-refractivity contribution in [2.24, 2.45) is 50.5 Å². The molecule has 218 valence electrons. The smallest absolute Gasteiger partial charge is 0.326 e. The summed E-state index contributed by atoms with van der Waals surface area (Å²) in [6.45, 7) is 7.71. The van der Waals surface area contributed by atoms with E-state index in [1.165, 1.54) is 0 Å². The molecule has 0 rings (SSSR count). The molecule has 0 aliphatic heterocycles. The van der Waals surface area contributed by atoms with Gasteiger partial charge in [0.05, 0.1) is 6.04 Å². The molecule has 38 heavy (non-hydrogen) atoms. The van der Waals surface area contributed by atoms with E-state index in [-0.39, 0.29) is 36.7 Å². The number of nitrogens with two attached hydrogens (primary N) is 5. The first-order chi connectivity index (χ1) is 17.6. The summed E-state index contributed by atoms with van der Waals surface area (Å²) in [6.07, 6.45) is 1.48. The third kappa shape index (κ3) is 14.8. The van der Waals surface area contributed by atoms with Gasteiger partial charge >= 0.3 is 5.97 Å². The van der Waals surface area contributed by atoms with Crippen molar-refractivity contribution in [1.29, 1.82) is 0 Å². The molecule has 0 spiro atoms. The molecule has 14 N–H and O–H groups in total. The molecule has 0 saturated heterocycles. The molecule has 4 atom stereocenters. The van der Waals surface area contributed by atoms with E-state index >= 15 is 0 Å². The highest BCUT2D eigenvalue weighted by molar-refractivity contribution is 5.94. The standard InChI is InChI=1S/C23H46N10O5/c1-12(2)11-16(32-18(34)14(24)7-5-9-29-22(25)26)19(35)33-17(13(3)4)20(36)31-15(21(37)38)8-6-10-30-23(27)28/h12-17H,5-11,24H2,1-4H3,(H,31,36)(H,32,34)(H,33,35)(H,37,38)(H4,25,26,29)(H4,27,28,30). The lowest BCUT2D eigenvalue weighted by Gasteiger charge is -2.27. The average Bonchev–Trinajstić information content (AvgIpc) is 2.80. The lowest BCUT2D eigenvalue weighted by Crippen LogP contribution is -2.58. The SMILES string of the molecule is CC(C)CC(NC(=O)C(N)CCCN=C(N)N)C(=O)NC(C(=O)NC(CCCN=C(N)N)C(=O)O)C(C)C. The van der Waals surface area contributed by atoms with E-state index in [4.69, 9.17) is 28.7 Å². The first-order valence-corrected chi connectivity index (χ1v) is 12.7. The second-order valence-corrected chi connectivity index (χ2v) is 9.82. The van der Waals surface area contributed by atoms with Crippen molar-refractivity contribution in [2.45, 2.75) is 84.0 Å². The monoisotopic (exact) mass is 542 g/mol. The molecular formula is C23H46N10O5. The highest BCUT2D eigenvalue weighted by Gasteiger charge is 2.32. The largest absolute Gasteiger partial charge is 0.480 e. The average molecular weight is 543 g/mol. The maximum atomic E-state index is 13.1. The fourth-order valence-electron chi connectivity index (χ4n) is 3.44. The van der Waals surface area contributed by atoms with Crippen LogP contribution < -0.4 is 44.6 Å². The van der Waals surface area contributed by atoms with Crippen molar-refractivity contribution < 1.29 is 24.3 Å². The van der Waals surface area contributed by atoms with Crippen LogP contribution in [0.15, 0.2) is 9.98 Å². The number of amides is 3. The molecule has 0 aliphatic carbocycles. The summed E-state index contributed by atoms with van der Waals surface area (Å²) in [5.74, 6) is -3.48. The van der Waals surface area contributed by atoms with Crippen molar-refractivity contribution in [3.63, 3.8) is 0 Å². The Morgan fingerprint density at radius 3 is 1.68 bits per heavy atom. The zero-order valence-electron chi connectivity index (χ0n) is 22.8. The second kappa shape index (κ2) is 17.8. The topological polar surface area (TPSA) is 279 Å². The lowest BCUT2D eigenvalue weighted by atomic mass is 9.99. The van der Waals surface area contributed by atoms with Crippen LogP contribution in [0.3, 0.4) is 0 Å². The minimum Gasteiger partial charge on any atom is -0.480 e. The van der Waals surface area contributed by atoms with Crippen LogP contribution in [0.5, 0.6) is 0 Å². The van der Waals surface area contributed by atoms with Gasteiger partial charge in [0, 0.05) is 13.1 Å². The number of carboxylic acids is 1. The summed E-state index contributed by atoms with van der Waals surface area (Å²) in [5.41, 5.74) is 27.0. The predicted octanol–water partition coefficient (Wildman–Crippen LogP) is -2.34. The van der Waals surface area contributed by atoms with Crippen LogP contribution in [0, 0.1) is 11.8 Å². The van der Waals surface area contributed by atoms with Gasteiger partial charge in [-0.25, -0.2) is 4.79 Å². The van der Waals surface area contributed by atoms with E-state index in [9.17, 15) is 24.3 Å². The zero-order chi connectivity index (χ0) is 29.4. The fourth-order valence-corrected chi connectivity index (χ4v) is 3.44. The lowest BCUT2D eigenvalue weighted by molar-refractivity contribution is -0.142. The van der Waals surface area contributed by atoms with Gasteiger partial charge in [0.15, 0.2) is 11.9 Å². The van der Waals surface area contributed by atoms with E-state index in [2.05, 4.69) is 25.9 Å². The molecule has 4 unspecified atom stereocenters. The van der Waals surface area contributed by atoms with Gasteiger partial charge in [0.1, 0.15) is 18.1 Å². The Bertz CT molecular complexity index is 838. The molecule has 0 saturated carbocycles. The number of nitrogens with zero attached hydrogens (tertiary/aromatic N) is 2. The number of hydrogen-bond donors (Lipinski definition) is 9. The molecule has 0 radical (unpaired) electrons. The van der Waals surface area contributed by atoms with Gasteiger partial charge in [-0.15, -0.1) is 0 Å². The number of carbonyl (C=O) groups excluding carboxylic acids is 3. The Hall–Kier alpha value is -3.62. The Labute approximate surface area is 223 Å². The van der Waals surface area contributed by atoms with Gasteiger partial charge in [-0.05, 0) is 43.9 Å². The number of carboxylic acid groups (broad SMARTS) is 1. The Balaban J connectivity index is 5.32. The van der Waals surface area contributed by atoms with Gasteiger partial charge in [-0.3, -0.25) is 24.4 Å². The van der Waals surface area contributed by atoms with E-state index in [0.29, 0.717) is 32.2 Å². The van der Waals surface area contributed by atoms with Crippen LogP contribution in [0.2, 0.25) is 0 Å². The van der Waals surface area contributed by atoms with Crippen molar-refractivity contribution in [3.05, 3.63) is 0 Å². The van der Waals surface area contributed by atoms with E-state index < -0.39 is 47.9 Å². The first kappa shape index (κ1) is 34.4. The number of guanidine groups is 2. The van der Waals surface area contributed by atoms with Crippen molar-refractivity contribution in [3.8, 4) is 0 Å². The highest BCUT2D eigenvalue weighted by Crippen LogP contribution is 2.10. The summed E-state index contributed by atoms with van der Waals surface area (Å²) >= 11 is 0. The zero-order valence-corrected chi connectivity index (χ0v) is 22.8. The molecule has 0 aliphatic rings. The summed E-state index contributed by atoms with van der Waals surface area (Å²) in [4.78, 5) is 58.0. The van der Waals surface area contributed by atoms with Crippen LogP contribution in [0.1, 0.15) is 59.8 Å². The third-order valence-corrected chi connectivity index (χ3v) is 5.45. The van der Waals surface area contributed by atoms with Crippen LogP contribution in [-0.4, -0.2) is 78.0 Å². The molecule has 0 aromatic carbocycles. The van der Waals surface area contributed by atoms with E-state index in [1.807, 2.05) is 13.8 Å². The molecule has 0 aromatic heterocycles. The van der Waals surface area contributed by atoms with Crippen molar-refractivity contribution in [2.75, 3.05) is 13.1 Å². The Morgan fingerprint density at radius 2 is 1.24 bits per heavy atom. The maximum absolute atomic E-state index is 13.1. The summed E-state index contributed by atoms with van der Waals surface area (Å²) in [5, 5.41) is 17.3. The number of rotatable bonds is 18. The summed E-state index contributed by atoms with van der Waals surface area (Å²) in [6, 6.07) is -4.07. The molecule has 0 fully saturated rings. The first-order valence-electron chi connectivity index (χ1n) is 12.7. The quantitative estimate of drug-likeness (QED) is 0.0505. The molecule has 3 amide bonds. The Morgan fingerprint density at radius 1 is 0.737 bits per heavy atom. The van der Waals surface area contributed by atoms with E-state index in [0.717, 1.165) is 0 Å². The highest BCUT2D eigenvalue weighted by atomic mass is 16.4. The van der Waals surface area contributed by atoms with Gasteiger partial charge < -0.3 is 49.7 Å². The molecule has 15 heteroatoms. The van der Waals surface area contributed by atoms with Crippen LogP contribution in [0.25, 0.3) is 0 Å². The van der Waals surface area contributed by atoms with Crippen molar-refractivity contribution >= 4 is 35.6 Å². The van der Waals surface area contributed by atoms with Crippen LogP contribution in [-0.2, 0) is 19.2 Å². The minimum absolute atomic E-state index is 0.0390. The van der Waals surface area contributed by atoms with E-state index in [1.54, 1.807) is 13.8 Å². The van der Waals surface area contributed by atoms with Gasteiger partial charge in [-0.1, -0.05) is 27.7 Å². The molecule has 0 bridgehead atoms. The van der Waals surface area contributed by atoms with Gasteiger partial charge in [-0.2, -0.15) is 0 Å². The normalized spacial score (nSPS) is 14.1. The maximum Gasteiger partial charge on any atom is 0.326 e. The minimum atomic E-state index is -1.23. The predicted molar refractivity (Wildman–Crippen MR) is 146 cm³/mol. The summed E-state index contributed by atoms with van der Waals surface area (Å²) < 4.78 is 0. The number of hydrogen-bond acceptors (Lipinski definition) is 7. The number of aliphatic carboxylic acids is 1. The van der Waals surface area contributed by atoms with Crippen molar-refractivity contribution in [1.82, 2.24) is 16.0 Å². The molecule has 0 aromatic rings. The second-order valence-electron chi connectivity index (χ2n) is 9.82. The number of nitrogens with one attached hydrogen (secondary N) is 3. The molecule has 15 nitrogen and oxygen atoms in total.